The van der Waals surface area contributed by atoms with Gasteiger partial charge in [-0.15, -0.1) is 0 Å². The molecule has 0 aromatic rings. The minimum atomic E-state index is 0.493. The van der Waals surface area contributed by atoms with E-state index >= 15 is 0 Å². The van der Waals surface area contributed by atoms with E-state index < -0.39 is 0 Å². The minimum absolute atomic E-state index is 0.493. The van der Waals surface area contributed by atoms with Crippen molar-refractivity contribution in [2.45, 2.75) is 45.6 Å². The molecule has 0 N–H and O–H groups in total. The van der Waals surface area contributed by atoms with Crippen LogP contribution in [0.25, 0.3) is 0 Å². The Hall–Kier alpha value is -0.120. The van der Waals surface area contributed by atoms with Gasteiger partial charge in [-0.3, -0.25) is 0 Å². The molecule has 1 rings (SSSR count). The number of nitrogens with zero attached hydrogens (tertiary/aromatic N) is 2. The van der Waals surface area contributed by atoms with Gasteiger partial charge in [0.25, 0.3) is 0 Å². The van der Waals surface area contributed by atoms with Crippen LogP contribution >= 0.6 is 0 Å². The fourth-order valence-corrected chi connectivity index (χ4v) is 2.34. The smallest absolute Gasteiger partial charge is 0.0572 e. The van der Waals surface area contributed by atoms with Crippen molar-refractivity contribution in [2.24, 2.45) is 0 Å². The molecular weight excluding hydrogens is 212 g/mol. The van der Waals surface area contributed by atoms with Gasteiger partial charge in [-0.2, -0.15) is 0 Å². The maximum atomic E-state index is 5.91. The van der Waals surface area contributed by atoms with Crippen LogP contribution in [0.3, 0.4) is 0 Å². The first kappa shape index (κ1) is 14.9. The summed E-state index contributed by atoms with van der Waals surface area (Å²) in [5.41, 5.74) is 0. The molecule has 3 heteroatoms. The maximum absolute atomic E-state index is 5.91. The SMILES string of the molecule is CCCC(CC)OCCCN1CCN(C)CC1. The Labute approximate surface area is 107 Å². The van der Waals surface area contributed by atoms with E-state index in [1.165, 1.54) is 52.0 Å². The Kier molecular flexibility index (Phi) is 7.82. The van der Waals surface area contributed by atoms with Crippen LogP contribution < -0.4 is 0 Å². The molecule has 3 nitrogen and oxygen atoms in total. The highest BCUT2D eigenvalue weighted by Crippen LogP contribution is 2.07. The molecule has 1 heterocycles. The Balaban J connectivity index is 1.99. The van der Waals surface area contributed by atoms with E-state index in [0.717, 1.165) is 13.0 Å². The van der Waals surface area contributed by atoms with Gasteiger partial charge < -0.3 is 14.5 Å². The van der Waals surface area contributed by atoms with Crippen LogP contribution in [0.2, 0.25) is 0 Å². The molecule has 0 aromatic carbocycles. The van der Waals surface area contributed by atoms with Gasteiger partial charge in [0.1, 0.15) is 0 Å². The molecule has 102 valence electrons. The molecule has 1 aliphatic rings. The second-order valence-corrected chi connectivity index (χ2v) is 5.19. The van der Waals surface area contributed by atoms with Crippen molar-refractivity contribution in [3.05, 3.63) is 0 Å². The molecule has 1 unspecified atom stereocenters. The molecule has 0 radical (unpaired) electrons. The second kappa shape index (κ2) is 8.90. The highest BCUT2D eigenvalue weighted by Gasteiger charge is 2.13. The van der Waals surface area contributed by atoms with Gasteiger partial charge in [-0.05, 0) is 26.3 Å². The van der Waals surface area contributed by atoms with Crippen molar-refractivity contribution >= 4 is 0 Å². The second-order valence-electron chi connectivity index (χ2n) is 5.19. The van der Waals surface area contributed by atoms with Crippen molar-refractivity contribution in [1.82, 2.24) is 9.80 Å². The molecule has 0 spiro atoms. The molecular formula is C14H30N2O. The van der Waals surface area contributed by atoms with Gasteiger partial charge in [0.05, 0.1) is 6.10 Å². The van der Waals surface area contributed by atoms with E-state index in [1.54, 1.807) is 0 Å². The van der Waals surface area contributed by atoms with Crippen LogP contribution in [0.15, 0.2) is 0 Å². The Morgan fingerprint density at radius 2 is 1.82 bits per heavy atom. The van der Waals surface area contributed by atoms with Gasteiger partial charge in [0.15, 0.2) is 0 Å². The third-order valence-corrected chi connectivity index (χ3v) is 3.63. The number of piperazine rings is 1. The lowest BCUT2D eigenvalue weighted by Gasteiger charge is -2.32. The zero-order chi connectivity index (χ0) is 12.5. The van der Waals surface area contributed by atoms with Crippen LogP contribution in [0.5, 0.6) is 0 Å². The third kappa shape index (κ3) is 6.39. The van der Waals surface area contributed by atoms with Crippen LogP contribution in [0, 0.1) is 0 Å². The van der Waals surface area contributed by atoms with E-state index in [1.807, 2.05) is 0 Å². The Morgan fingerprint density at radius 1 is 1.12 bits per heavy atom. The molecule has 1 atom stereocenters. The summed E-state index contributed by atoms with van der Waals surface area (Å²) in [4.78, 5) is 4.96. The monoisotopic (exact) mass is 242 g/mol. The van der Waals surface area contributed by atoms with Crippen molar-refractivity contribution in [3.8, 4) is 0 Å². The highest BCUT2D eigenvalue weighted by molar-refractivity contribution is 4.68. The van der Waals surface area contributed by atoms with Crippen LogP contribution in [0.1, 0.15) is 39.5 Å². The zero-order valence-electron chi connectivity index (χ0n) is 12.0. The third-order valence-electron chi connectivity index (χ3n) is 3.63. The first-order valence-corrected chi connectivity index (χ1v) is 7.28. The fraction of sp³-hybridized carbons (Fsp3) is 1.00. The molecule has 17 heavy (non-hydrogen) atoms. The summed E-state index contributed by atoms with van der Waals surface area (Å²) in [5.74, 6) is 0. The average Bonchev–Trinajstić information content (AvgIpc) is 2.35. The quantitative estimate of drug-likeness (QED) is 0.607. The molecule has 0 bridgehead atoms. The molecule has 1 fully saturated rings. The molecule has 0 aromatic heterocycles. The molecule has 0 amide bonds. The van der Waals surface area contributed by atoms with Crippen molar-refractivity contribution in [2.75, 3.05) is 46.4 Å². The van der Waals surface area contributed by atoms with Crippen LogP contribution in [-0.4, -0.2) is 62.3 Å². The lowest BCUT2D eigenvalue weighted by Crippen LogP contribution is -2.44. The summed E-state index contributed by atoms with van der Waals surface area (Å²) in [5, 5.41) is 0. The number of likely N-dealkylation sites (N-methyl/N-ethyl adjacent to an activating group) is 1. The molecule has 0 saturated carbocycles. The number of hydrogen-bond acceptors (Lipinski definition) is 3. The standard InChI is InChI=1S/C14H30N2O/c1-4-7-14(5-2)17-13-6-8-16-11-9-15(3)10-12-16/h14H,4-13H2,1-3H3. The normalized spacial score (nSPS) is 20.6. The van der Waals surface area contributed by atoms with Gasteiger partial charge >= 0.3 is 0 Å². The summed E-state index contributed by atoms with van der Waals surface area (Å²) in [7, 11) is 2.21. The van der Waals surface area contributed by atoms with E-state index in [-0.39, 0.29) is 0 Å². The predicted molar refractivity (Wildman–Crippen MR) is 73.5 cm³/mol. The summed E-state index contributed by atoms with van der Waals surface area (Å²) in [6, 6.07) is 0. The van der Waals surface area contributed by atoms with E-state index in [2.05, 4.69) is 30.7 Å². The van der Waals surface area contributed by atoms with E-state index in [0.29, 0.717) is 6.10 Å². The van der Waals surface area contributed by atoms with Gasteiger partial charge in [0.2, 0.25) is 0 Å². The lowest BCUT2D eigenvalue weighted by atomic mass is 10.1. The first-order chi connectivity index (χ1) is 8.26. The Bertz CT molecular complexity index is 179. The summed E-state index contributed by atoms with van der Waals surface area (Å²) >= 11 is 0. The maximum Gasteiger partial charge on any atom is 0.0572 e. The Morgan fingerprint density at radius 3 is 2.41 bits per heavy atom. The van der Waals surface area contributed by atoms with Crippen LogP contribution in [-0.2, 0) is 4.74 Å². The van der Waals surface area contributed by atoms with E-state index in [9.17, 15) is 0 Å². The molecule has 1 saturated heterocycles. The molecule has 1 aliphatic heterocycles. The van der Waals surface area contributed by atoms with Gasteiger partial charge in [-0.1, -0.05) is 20.3 Å². The number of hydrogen-bond donors (Lipinski definition) is 0. The van der Waals surface area contributed by atoms with Crippen molar-refractivity contribution < 1.29 is 4.74 Å². The lowest BCUT2D eigenvalue weighted by molar-refractivity contribution is 0.0360. The molecule has 0 aliphatic carbocycles. The largest absolute Gasteiger partial charge is 0.378 e. The topological polar surface area (TPSA) is 15.7 Å². The highest BCUT2D eigenvalue weighted by atomic mass is 16.5. The fourth-order valence-electron chi connectivity index (χ4n) is 2.34. The van der Waals surface area contributed by atoms with Crippen LogP contribution in [0.4, 0.5) is 0 Å². The van der Waals surface area contributed by atoms with Crippen molar-refractivity contribution in [3.63, 3.8) is 0 Å². The minimum Gasteiger partial charge on any atom is -0.378 e. The average molecular weight is 242 g/mol. The first-order valence-electron chi connectivity index (χ1n) is 7.28. The number of rotatable bonds is 8. The summed E-state index contributed by atoms with van der Waals surface area (Å²) < 4.78 is 5.91. The van der Waals surface area contributed by atoms with Crippen molar-refractivity contribution in [1.29, 1.82) is 0 Å². The van der Waals surface area contributed by atoms with Gasteiger partial charge in [-0.25, -0.2) is 0 Å². The van der Waals surface area contributed by atoms with E-state index in [4.69, 9.17) is 4.74 Å². The summed E-state index contributed by atoms with van der Waals surface area (Å²) in [6.45, 7) is 11.5. The van der Waals surface area contributed by atoms with Gasteiger partial charge in [0, 0.05) is 39.3 Å². The zero-order valence-corrected chi connectivity index (χ0v) is 12.0. The predicted octanol–water partition coefficient (Wildman–Crippen LogP) is 2.22. The summed E-state index contributed by atoms with van der Waals surface area (Å²) in [6.07, 6.45) is 5.28. The number of ether oxygens (including phenoxy) is 1.